The number of phenolic OH excluding ortho intramolecular Hbond substituents is 1. The van der Waals surface area contributed by atoms with E-state index in [1.165, 1.54) is 19.2 Å². The smallest absolute Gasteiger partial charge is 0.275 e. The Hall–Kier alpha value is -2.70. The van der Waals surface area contributed by atoms with E-state index in [4.69, 9.17) is 27.9 Å². The molecule has 8 heteroatoms. The lowest BCUT2D eigenvalue weighted by molar-refractivity contribution is -0.123. The second kappa shape index (κ2) is 6.66. The first-order valence-electron chi connectivity index (χ1n) is 7.10. The van der Waals surface area contributed by atoms with Crippen LogP contribution in [0, 0.1) is 0 Å². The first-order chi connectivity index (χ1) is 11.9. The largest absolute Gasteiger partial charge is 0.505 e. The van der Waals surface area contributed by atoms with E-state index in [9.17, 15) is 14.7 Å². The van der Waals surface area contributed by atoms with Crippen LogP contribution in [0.5, 0.6) is 11.5 Å². The maximum atomic E-state index is 12.2. The van der Waals surface area contributed by atoms with Gasteiger partial charge in [-0.05, 0) is 29.8 Å². The molecular weight excluding hydrogens is 367 g/mol. The Balaban J connectivity index is 2.08. The summed E-state index contributed by atoms with van der Waals surface area (Å²) in [5.74, 6) is -0.824. The van der Waals surface area contributed by atoms with Crippen molar-refractivity contribution < 1.29 is 19.4 Å². The van der Waals surface area contributed by atoms with Crippen LogP contribution in [0.1, 0.15) is 5.56 Å². The lowest BCUT2D eigenvalue weighted by Crippen LogP contribution is -2.24. The van der Waals surface area contributed by atoms with Crippen LogP contribution in [0.15, 0.2) is 42.1 Å². The van der Waals surface area contributed by atoms with E-state index in [-0.39, 0.29) is 27.1 Å². The predicted molar refractivity (Wildman–Crippen MR) is 94.8 cm³/mol. The molecule has 1 aliphatic heterocycles. The molecule has 128 valence electrons. The monoisotopic (exact) mass is 378 g/mol. The zero-order valence-electron chi connectivity index (χ0n) is 12.9. The van der Waals surface area contributed by atoms with Crippen LogP contribution >= 0.6 is 23.2 Å². The summed E-state index contributed by atoms with van der Waals surface area (Å²) in [7, 11) is 1.51. The molecule has 2 aromatic carbocycles. The topological polar surface area (TPSA) is 87.7 Å². The molecule has 0 bridgehead atoms. The van der Waals surface area contributed by atoms with E-state index in [0.717, 1.165) is 0 Å². The number of benzene rings is 2. The number of hydrogen-bond donors (Lipinski definition) is 3. The van der Waals surface area contributed by atoms with Crippen LogP contribution in [-0.4, -0.2) is 24.0 Å². The third-order valence-electron chi connectivity index (χ3n) is 3.58. The summed E-state index contributed by atoms with van der Waals surface area (Å²) in [6.07, 6.45) is 0. The van der Waals surface area contributed by atoms with Crippen LogP contribution in [0.3, 0.4) is 0 Å². The summed E-state index contributed by atoms with van der Waals surface area (Å²) >= 11 is 11.8. The molecule has 0 fully saturated rings. The number of imide groups is 1. The summed E-state index contributed by atoms with van der Waals surface area (Å²) < 4.78 is 5.15. The first-order valence-corrected chi connectivity index (χ1v) is 7.85. The van der Waals surface area contributed by atoms with E-state index in [1.807, 2.05) is 0 Å². The number of carbonyl (C=O) groups excluding carboxylic acids is 2. The molecule has 0 radical (unpaired) electrons. The van der Waals surface area contributed by atoms with E-state index < -0.39 is 11.8 Å². The molecule has 0 spiro atoms. The average Bonchev–Trinajstić information content (AvgIpc) is 2.86. The number of nitrogens with one attached hydrogen (secondary N) is 2. The number of halogens is 2. The molecule has 2 aromatic rings. The molecule has 0 saturated carbocycles. The van der Waals surface area contributed by atoms with Crippen LogP contribution < -0.4 is 15.4 Å². The van der Waals surface area contributed by atoms with E-state index >= 15 is 0 Å². The predicted octanol–water partition coefficient (Wildman–Crippen LogP) is 3.19. The first kappa shape index (κ1) is 17.1. The van der Waals surface area contributed by atoms with Gasteiger partial charge in [-0.3, -0.25) is 14.9 Å². The summed E-state index contributed by atoms with van der Waals surface area (Å²) in [5, 5.41) is 14.7. The number of ether oxygens (including phenoxy) is 1. The van der Waals surface area contributed by atoms with Crippen molar-refractivity contribution in [1.82, 2.24) is 5.32 Å². The van der Waals surface area contributed by atoms with Gasteiger partial charge < -0.3 is 15.2 Å². The molecule has 3 N–H and O–H groups in total. The molecular formula is C17H12Cl2N2O4. The van der Waals surface area contributed by atoms with Crippen molar-refractivity contribution in [2.75, 3.05) is 12.4 Å². The second-order valence-electron chi connectivity index (χ2n) is 5.18. The molecule has 0 aliphatic carbocycles. The molecule has 0 unspecified atom stereocenters. The van der Waals surface area contributed by atoms with Crippen LogP contribution in [-0.2, 0) is 9.59 Å². The molecule has 0 atom stereocenters. The minimum Gasteiger partial charge on any atom is -0.505 e. The van der Waals surface area contributed by atoms with Crippen LogP contribution in [0.4, 0.5) is 5.69 Å². The number of aromatic hydroxyl groups is 1. The number of hydrogen-bond acceptors (Lipinski definition) is 5. The van der Waals surface area contributed by atoms with Gasteiger partial charge in [-0.1, -0.05) is 35.3 Å². The number of anilines is 1. The van der Waals surface area contributed by atoms with Crippen molar-refractivity contribution in [2.45, 2.75) is 0 Å². The lowest BCUT2D eigenvalue weighted by atomic mass is 10.0. The maximum Gasteiger partial charge on any atom is 0.275 e. The summed E-state index contributed by atoms with van der Waals surface area (Å²) in [6, 6.07) is 9.57. The van der Waals surface area contributed by atoms with E-state index in [1.54, 1.807) is 24.3 Å². The number of rotatable bonds is 4. The second-order valence-corrected chi connectivity index (χ2v) is 5.99. The fourth-order valence-corrected chi connectivity index (χ4v) is 2.90. The maximum absolute atomic E-state index is 12.2. The molecule has 3 rings (SSSR count). The molecule has 0 saturated heterocycles. The minimum absolute atomic E-state index is 0.0169. The van der Waals surface area contributed by atoms with Gasteiger partial charge in [-0.2, -0.15) is 0 Å². The zero-order valence-corrected chi connectivity index (χ0v) is 14.4. The standard InChI is InChI=1S/C17H12Cl2N2O4/c1-25-10-4-2-3-8(5-10)13-14(17(24)21-16(13)23)20-9-6-11(18)15(22)12(19)7-9/h2-7,22H,1H3,(H2,20,21,23,24). The molecule has 2 amide bonds. The minimum atomic E-state index is -0.580. The molecule has 1 aliphatic rings. The van der Waals surface area contributed by atoms with Crippen molar-refractivity contribution in [3.8, 4) is 11.5 Å². The zero-order chi connectivity index (χ0) is 18.1. The van der Waals surface area contributed by atoms with Crippen molar-refractivity contribution in [3.63, 3.8) is 0 Å². The lowest BCUT2D eigenvalue weighted by Gasteiger charge is -2.10. The van der Waals surface area contributed by atoms with Gasteiger partial charge in [0, 0.05) is 5.69 Å². The molecule has 1 heterocycles. The summed E-state index contributed by atoms with van der Waals surface area (Å²) in [6.45, 7) is 0. The Morgan fingerprint density at radius 2 is 1.76 bits per heavy atom. The summed E-state index contributed by atoms with van der Waals surface area (Å²) in [4.78, 5) is 24.4. The fraction of sp³-hybridized carbons (Fsp3) is 0.0588. The number of amides is 2. The SMILES string of the molecule is COc1cccc(C2=C(Nc3cc(Cl)c(O)c(Cl)c3)C(=O)NC2=O)c1. The van der Waals surface area contributed by atoms with Crippen molar-refractivity contribution in [2.24, 2.45) is 0 Å². The highest BCUT2D eigenvalue weighted by atomic mass is 35.5. The van der Waals surface area contributed by atoms with Gasteiger partial charge in [0.1, 0.15) is 11.4 Å². The molecule has 6 nitrogen and oxygen atoms in total. The Labute approximate surface area is 153 Å². The van der Waals surface area contributed by atoms with E-state index in [2.05, 4.69) is 10.6 Å². The fourth-order valence-electron chi connectivity index (χ4n) is 2.41. The van der Waals surface area contributed by atoms with Gasteiger partial charge in [0.2, 0.25) is 0 Å². The third-order valence-corrected chi connectivity index (χ3v) is 4.15. The highest BCUT2D eigenvalue weighted by molar-refractivity contribution is 6.38. The van der Waals surface area contributed by atoms with Crippen molar-refractivity contribution in [3.05, 3.63) is 57.7 Å². The van der Waals surface area contributed by atoms with Crippen LogP contribution in [0.2, 0.25) is 10.0 Å². The van der Waals surface area contributed by atoms with Gasteiger partial charge in [0.05, 0.1) is 22.7 Å². The van der Waals surface area contributed by atoms with Crippen LogP contribution in [0.25, 0.3) is 5.57 Å². The third kappa shape index (κ3) is 3.26. The highest BCUT2D eigenvalue weighted by Crippen LogP contribution is 2.36. The average molecular weight is 379 g/mol. The molecule has 25 heavy (non-hydrogen) atoms. The number of methoxy groups -OCH3 is 1. The van der Waals surface area contributed by atoms with Gasteiger partial charge in [-0.25, -0.2) is 0 Å². The normalized spacial score (nSPS) is 13.9. The Kier molecular flexibility index (Phi) is 4.57. The van der Waals surface area contributed by atoms with Gasteiger partial charge >= 0.3 is 0 Å². The molecule has 0 aromatic heterocycles. The Morgan fingerprint density at radius 1 is 1.08 bits per heavy atom. The van der Waals surface area contributed by atoms with Crippen molar-refractivity contribution in [1.29, 1.82) is 0 Å². The van der Waals surface area contributed by atoms with E-state index in [0.29, 0.717) is 17.0 Å². The van der Waals surface area contributed by atoms with Gasteiger partial charge in [-0.15, -0.1) is 0 Å². The number of phenols is 1. The number of carbonyl (C=O) groups is 2. The van der Waals surface area contributed by atoms with Crippen molar-refractivity contribution >= 4 is 46.3 Å². The quantitative estimate of drug-likeness (QED) is 0.561. The Morgan fingerprint density at radius 3 is 2.40 bits per heavy atom. The summed E-state index contributed by atoms with van der Waals surface area (Å²) in [5.41, 5.74) is 1.09. The highest BCUT2D eigenvalue weighted by Gasteiger charge is 2.31. The Bertz CT molecular complexity index is 902. The van der Waals surface area contributed by atoms with Gasteiger partial charge in [0.25, 0.3) is 11.8 Å². The van der Waals surface area contributed by atoms with Gasteiger partial charge in [0.15, 0.2) is 5.75 Å².